The summed E-state index contributed by atoms with van der Waals surface area (Å²) in [5, 5.41) is 0. The maximum Gasteiger partial charge on any atom is 0.203 e. The monoisotopic (exact) mass is 399 g/mol. The van der Waals surface area contributed by atoms with Crippen LogP contribution < -0.4 is 18.9 Å². The van der Waals surface area contributed by atoms with Crippen molar-refractivity contribution in [2.75, 3.05) is 41.5 Å². The van der Waals surface area contributed by atoms with Gasteiger partial charge in [0.2, 0.25) is 5.75 Å². The third kappa shape index (κ3) is 4.65. The minimum absolute atomic E-state index is 0.0259. The lowest BCUT2D eigenvalue weighted by atomic mass is 9.89. The van der Waals surface area contributed by atoms with Crippen molar-refractivity contribution >= 4 is 5.78 Å². The van der Waals surface area contributed by atoms with E-state index in [9.17, 15) is 4.79 Å². The van der Waals surface area contributed by atoms with E-state index in [4.69, 9.17) is 18.9 Å². The molecule has 1 aliphatic heterocycles. The zero-order valence-electron chi connectivity index (χ0n) is 17.6. The van der Waals surface area contributed by atoms with Crippen LogP contribution in [0.25, 0.3) is 0 Å². The standard InChI is InChI=1S/C23H29NO5/c1-26-19-9-5-7-16(13-19)21(25)17-8-6-12-24(14-17)15-18-10-11-20(27-2)23(29-4)22(18)28-3/h5,7,9-11,13,17H,6,8,12,14-15H2,1-4H3. The van der Waals surface area contributed by atoms with E-state index in [1.807, 2.05) is 36.4 Å². The molecule has 0 aliphatic carbocycles. The summed E-state index contributed by atoms with van der Waals surface area (Å²) in [7, 11) is 6.46. The molecule has 0 N–H and O–H groups in total. The molecule has 6 nitrogen and oxygen atoms in total. The average Bonchev–Trinajstić information content (AvgIpc) is 2.78. The maximum absolute atomic E-state index is 13.0. The molecule has 1 aliphatic rings. The largest absolute Gasteiger partial charge is 0.497 e. The molecule has 0 amide bonds. The van der Waals surface area contributed by atoms with Crippen LogP contribution in [0.2, 0.25) is 0 Å². The number of hydrogen-bond donors (Lipinski definition) is 0. The summed E-state index contributed by atoms with van der Waals surface area (Å²) in [6.07, 6.45) is 1.88. The van der Waals surface area contributed by atoms with Gasteiger partial charge in [-0.3, -0.25) is 9.69 Å². The van der Waals surface area contributed by atoms with E-state index in [0.29, 0.717) is 41.7 Å². The molecule has 1 unspecified atom stereocenters. The highest BCUT2D eigenvalue weighted by Crippen LogP contribution is 2.40. The van der Waals surface area contributed by atoms with Crippen molar-refractivity contribution in [2.45, 2.75) is 19.4 Å². The van der Waals surface area contributed by atoms with Gasteiger partial charge in [-0.2, -0.15) is 0 Å². The fraction of sp³-hybridized carbons (Fsp3) is 0.435. The topological polar surface area (TPSA) is 57.2 Å². The number of methoxy groups -OCH3 is 4. The number of Topliss-reactive ketones (excluding diaryl/α,β-unsaturated/α-hetero) is 1. The van der Waals surface area contributed by atoms with E-state index in [-0.39, 0.29) is 11.7 Å². The van der Waals surface area contributed by atoms with Crippen LogP contribution in [0.3, 0.4) is 0 Å². The summed E-state index contributed by atoms with van der Waals surface area (Å²) in [5.74, 6) is 2.76. The Morgan fingerprint density at radius 1 is 1.00 bits per heavy atom. The maximum atomic E-state index is 13.0. The van der Waals surface area contributed by atoms with Crippen LogP contribution in [-0.4, -0.2) is 52.2 Å². The predicted octanol–water partition coefficient (Wildman–Crippen LogP) is 3.82. The highest BCUT2D eigenvalue weighted by Gasteiger charge is 2.28. The molecule has 0 spiro atoms. The number of carbonyl (C=O) groups is 1. The number of piperidine rings is 1. The first-order valence-corrected chi connectivity index (χ1v) is 9.79. The smallest absolute Gasteiger partial charge is 0.203 e. The second kappa shape index (κ2) is 9.65. The Bertz CT molecular complexity index is 851. The van der Waals surface area contributed by atoms with Crippen molar-refractivity contribution in [2.24, 2.45) is 5.92 Å². The van der Waals surface area contributed by atoms with Gasteiger partial charge in [-0.05, 0) is 37.6 Å². The molecule has 1 atom stereocenters. The lowest BCUT2D eigenvalue weighted by molar-refractivity contribution is 0.0810. The van der Waals surface area contributed by atoms with Gasteiger partial charge >= 0.3 is 0 Å². The van der Waals surface area contributed by atoms with Crippen molar-refractivity contribution in [3.63, 3.8) is 0 Å². The van der Waals surface area contributed by atoms with Gasteiger partial charge in [0.15, 0.2) is 17.3 Å². The van der Waals surface area contributed by atoms with Gasteiger partial charge in [-0.25, -0.2) is 0 Å². The Kier molecular flexibility index (Phi) is 6.99. The fourth-order valence-corrected chi connectivity index (χ4v) is 3.95. The third-order valence-electron chi connectivity index (χ3n) is 5.41. The van der Waals surface area contributed by atoms with Crippen LogP contribution in [0.5, 0.6) is 23.0 Å². The second-order valence-electron chi connectivity index (χ2n) is 7.16. The number of rotatable bonds is 8. The van der Waals surface area contributed by atoms with E-state index in [1.165, 1.54) is 0 Å². The number of nitrogens with zero attached hydrogens (tertiary/aromatic N) is 1. The van der Waals surface area contributed by atoms with Crippen LogP contribution in [0, 0.1) is 5.92 Å². The van der Waals surface area contributed by atoms with Crippen LogP contribution in [-0.2, 0) is 6.54 Å². The molecular formula is C23H29NO5. The van der Waals surface area contributed by atoms with Gasteiger partial charge in [0, 0.05) is 30.1 Å². The Labute approximate surface area is 172 Å². The Morgan fingerprint density at radius 2 is 1.79 bits per heavy atom. The summed E-state index contributed by atoms with van der Waals surface area (Å²) < 4.78 is 21.7. The summed E-state index contributed by atoms with van der Waals surface area (Å²) in [5.41, 5.74) is 1.72. The van der Waals surface area contributed by atoms with Crippen LogP contribution in [0.1, 0.15) is 28.8 Å². The number of likely N-dealkylation sites (tertiary alicyclic amines) is 1. The van der Waals surface area contributed by atoms with Crippen molar-refractivity contribution in [1.29, 1.82) is 0 Å². The zero-order valence-corrected chi connectivity index (χ0v) is 17.6. The first kappa shape index (κ1) is 21.0. The normalized spacial score (nSPS) is 16.9. The Morgan fingerprint density at radius 3 is 2.48 bits per heavy atom. The predicted molar refractivity (Wildman–Crippen MR) is 111 cm³/mol. The SMILES string of the molecule is COc1cccc(C(=O)C2CCCN(Cc3ccc(OC)c(OC)c3OC)C2)c1. The number of carbonyl (C=O) groups excluding carboxylic acids is 1. The minimum Gasteiger partial charge on any atom is -0.497 e. The van der Waals surface area contributed by atoms with E-state index in [2.05, 4.69) is 4.90 Å². The van der Waals surface area contributed by atoms with Crippen molar-refractivity contribution in [1.82, 2.24) is 4.90 Å². The molecule has 6 heteroatoms. The molecule has 2 aromatic rings. The van der Waals surface area contributed by atoms with Crippen molar-refractivity contribution in [3.8, 4) is 23.0 Å². The van der Waals surface area contributed by atoms with Crippen LogP contribution in [0.4, 0.5) is 0 Å². The molecule has 3 rings (SSSR count). The first-order valence-electron chi connectivity index (χ1n) is 9.79. The molecule has 2 aromatic carbocycles. The Hall–Kier alpha value is -2.73. The molecule has 29 heavy (non-hydrogen) atoms. The summed E-state index contributed by atoms with van der Waals surface area (Å²) in [6, 6.07) is 11.3. The van der Waals surface area contributed by atoms with E-state index < -0.39 is 0 Å². The highest BCUT2D eigenvalue weighted by atomic mass is 16.5. The lowest BCUT2D eigenvalue weighted by Gasteiger charge is -2.32. The van der Waals surface area contributed by atoms with Crippen molar-refractivity contribution in [3.05, 3.63) is 47.5 Å². The van der Waals surface area contributed by atoms with E-state index >= 15 is 0 Å². The molecule has 1 heterocycles. The summed E-state index contributed by atoms with van der Waals surface area (Å²) in [4.78, 5) is 15.3. The zero-order chi connectivity index (χ0) is 20.8. The number of hydrogen-bond acceptors (Lipinski definition) is 6. The van der Waals surface area contributed by atoms with E-state index in [0.717, 1.165) is 24.9 Å². The van der Waals surface area contributed by atoms with Gasteiger partial charge in [0.25, 0.3) is 0 Å². The van der Waals surface area contributed by atoms with Gasteiger partial charge < -0.3 is 18.9 Å². The first-order chi connectivity index (χ1) is 14.1. The summed E-state index contributed by atoms with van der Waals surface area (Å²) in [6.45, 7) is 2.35. The quantitative estimate of drug-likeness (QED) is 0.629. The van der Waals surface area contributed by atoms with Crippen LogP contribution in [0.15, 0.2) is 36.4 Å². The molecule has 0 aromatic heterocycles. The summed E-state index contributed by atoms with van der Waals surface area (Å²) >= 11 is 0. The van der Waals surface area contributed by atoms with E-state index in [1.54, 1.807) is 28.4 Å². The molecule has 1 fully saturated rings. The number of benzene rings is 2. The number of ether oxygens (including phenoxy) is 4. The Balaban J connectivity index is 1.75. The molecule has 156 valence electrons. The van der Waals surface area contributed by atoms with Crippen molar-refractivity contribution < 1.29 is 23.7 Å². The van der Waals surface area contributed by atoms with Gasteiger partial charge in [-0.1, -0.05) is 18.2 Å². The van der Waals surface area contributed by atoms with Gasteiger partial charge in [0.1, 0.15) is 5.75 Å². The van der Waals surface area contributed by atoms with Crippen LogP contribution >= 0.6 is 0 Å². The molecule has 1 saturated heterocycles. The minimum atomic E-state index is -0.0259. The second-order valence-corrected chi connectivity index (χ2v) is 7.16. The average molecular weight is 399 g/mol. The molecule has 0 radical (unpaired) electrons. The van der Waals surface area contributed by atoms with Gasteiger partial charge in [-0.15, -0.1) is 0 Å². The third-order valence-corrected chi connectivity index (χ3v) is 5.41. The molecular weight excluding hydrogens is 370 g/mol. The molecule has 0 bridgehead atoms. The number of ketones is 1. The lowest BCUT2D eigenvalue weighted by Crippen LogP contribution is -2.38. The highest BCUT2D eigenvalue weighted by molar-refractivity contribution is 5.98. The fourth-order valence-electron chi connectivity index (χ4n) is 3.95. The van der Waals surface area contributed by atoms with Gasteiger partial charge in [0.05, 0.1) is 28.4 Å². The molecule has 0 saturated carbocycles.